The first-order valence-corrected chi connectivity index (χ1v) is 10.5. The van der Waals surface area contributed by atoms with Gasteiger partial charge in [-0.3, -0.25) is 14.4 Å². The third-order valence-corrected chi connectivity index (χ3v) is 6.25. The Kier molecular flexibility index (Phi) is 7.14. The minimum Gasteiger partial charge on any atom is -0.463 e. The van der Waals surface area contributed by atoms with Gasteiger partial charge < -0.3 is 15.4 Å². The van der Waals surface area contributed by atoms with Crippen LogP contribution in [0.1, 0.15) is 33.6 Å². The molecular formula is C18H25N3O6S. The molecule has 1 fully saturated rings. The first-order chi connectivity index (χ1) is 13.1. The van der Waals surface area contributed by atoms with Gasteiger partial charge in [0, 0.05) is 25.7 Å². The second-order valence-electron chi connectivity index (χ2n) is 6.54. The zero-order valence-corrected chi connectivity index (χ0v) is 16.9. The molecule has 1 aliphatic heterocycles. The SMILES string of the molecule is CCC(C)OC(=O)CC1C(=O)NCCN1S(=O)(=O)c1ccc(NC(C)=O)cc1. The highest BCUT2D eigenvalue weighted by atomic mass is 32.2. The average molecular weight is 411 g/mol. The highest BCUT2D eigenvalue weighted by Crippen LogP contribution is 2.23. The normalized spacial score (nSPS) is 18.8. The van der Waals surface area contributed by atoms with Crippen LogP contribution in [0.4, 0.5) is 5.69 Å². The quantitative estimate of drug-likeness (QED) is 0.642. The number of rotatable bonds is 7. The van der Waals surface area contributed by atoms with Crippen molar-refractivity contribution in [1.82, 2.24) is 9.62 Å². The lowest BCUT2D eigenvalue weighted by Crippen LogP contribution is -2.57. The number of nitrogens with one attached hydrogen (secondary N) is 2. The predicted octanol–water partition coefficient (Wildman–Crippen LogP) is 0.866. The number of hydrogen-bond donors (Lipinski definition) is 2. The smallest absolute Gasteiger partial charge is 0.308 e. The summed E-state index contributed by atoms with van der Waals surface area (Å²) in [5.41, 5.74) is 0.455. The fourth-order valence-electron chi connectivity index (χ4n) is 2.74. The van der Waals surface area contributed by atoms with Crippen molar-refractivity contribution in [2.75, 3.05) is 18.4 Å². The lowest BCUT2D eigenvalue weighted by atomic mass is 10.1. The number of anilines is 1. The molecule has 1 heterocycles. The molecule has 0 aromatic heterocycles. The van der Waals surface area contributed by atoms with Crippen LogP contribution >= 0.6 is 0 Å². The molecule has 1 saturated heterocycles. The minimum absolute atomic E-state index is 0.0309. The van der Waals surface area contributed by atoms with Crippen LogP contribution in [0.5, 0.6) is 0 Å². The maximum Gasteiger partial charge on any atom is 0.308 e. The Hall–Kier alpha value is -2.46. The zero-order chi connectivity index (χ0) is 20.9. The van der Waals surface area contributed by atoms with E-state index in [1.807, 2.05) is 6.92 Å². The fraction of sp³-hybridized carbons (Fsp3) is 0.500. The van der Waals surface area contributed by atoms with Gasteiger partial charge in [0.25, 0.3) is 0 Å². The van der Waals surface area contributed by atoms with Gasteiger partial charge in [-0.25, -0.2) is 8.42 Å². The van der Waals surface area contributed by atoms with Crippen LogP contribution in [-0.4, -0.2) is 55.7 Å². The van der Waals surface area contributed by atoms with Crippen LogP contribution < -0.4 is 10.6 Å². The summed E-state index contributed by atoms with van der Waals surface area (Å²) in [7, 11) is -4.02. The van der Waals surface area contributed by atoms with Crippen molar-refractivity contribution in [3.05, 3.63) is 24.3 Å². The summed E-state index contributed by atoms with van der Waals surface area (Å²) >= 11 is 0. The van der Waals surface area contributed by atoms with Crippen LogP contribution in [0.25, 0.3) is 0 Å². The molecular weight excluding hydrogens is 386 g/mol. The van der Waals surface area contributed by atoms with Crippen LogP contribution in [0.15, 0.2) is 29.2 Å². The number of benzene rings is 1. The number of carbonyl (C=O) groups excluding carboxylic acids is 3. The van der Waals surface area contributed by atoms with Crippen molar-refractivity contribution in [1.29, 1.82) is 0 Å². The molecule has 0 aliphatic carbocycles. The number of hydrogen-bond acceptors (Lipinski definition) is 6. The molecule has 9 nitrogen and oxygen atoms in total. The van der Waals surface area contributed by atoms with Crippen LogP contribution in [0.2, 0.25) is 0 Å². The molecule has 154 valence electrons. The molecule has 0 spiro atoms. The van der Waals surface area contributed by atoms with Gasteiger partial charge in [0.15, 0.2) is 0 Å². The van der Waals surface area contributed by atoms with Gasteiger partial charge in [-0.2, -0.15) is 4.31 Å². The van der Waals surface area contributed by atoms with Crippen LogP contribution in [0.3, 0.4) is 0 Å². The number of sulfonamides is 1. The summed E-state index contributed by atoms with van der Waals surface area (Å²) < 4.78 is 32.3. The Bertz CT molecular complexity index is 837. The van der Waals surface area contributed by atoms with Crippen molar-refractivity contribution >= 4 is 33.5 Å². The first-order valence-electron chi connectivity index (χ1n) is 9.01. The summed E-state index contributed by atoms with van der Waals surface area (Å²) in [5, 5.41) is 5.14. The average Bonchev–Trinajstić information content (AvgIpc) is 2.63. The number of nitrogens with zero attached hydrogens (tertiary/aromatic N) is 1. The number of carbonyl (C=O) groups is 3. The largest absolute Gasteiger partial charge is 0.463 e. The summed E-state index contributed by atoms with van der Waals surface area (Å²) in [6, 6.07) is 4.45. The lowest BCUT2D eigenvalue weighted by molar-refractivity contribution is -0.151. The Labute approximate surface area is 164 Å². The first kappa shape index (κ1) is 21.8. The third-order valence-electron chi connectivity index (χ3n) is 4.33. The molecule has 2 rings (SSSR count). The van der Waals surface area contributed by atoms with E-state index in [0.717, 1.165) is 4.31 Å². The second-order valence-corrected chi connectivity index (χ2v) is 8.43. The second kappa shape index (κ2) is 9.16. The molecule has 1 aromatic rings. The molecule has 1 aliphatic rings. The molecule has 2 atom stereocenters. The van der Waals surface area contributed by atoms with Gasteiger partial charge in [-0.05, 0) is 37.6 Å². The predicted molar refractivity (Wildman–Crippen MR) is 102 cm³/mol. The van der Waals surface area contributed by atoms with Crippen molar-refractivity contribution in [3.63, 3.8) is 0 Å². The van der Waals surface area contributed by atoms with Crippen molar-refractivity contribution in [2.45, 2.75) is 50.7 Å². The monoisotopic (exact) mass is 411 g/mol. The zero-order valence-electron chi connectivity index (χ0n) is 16.1. The van der Waals surface area contributed by atoms with E-state index >= 15 is 0 Å². The van der Waals surface area contributed by atoms with Gasteiger partial charge in [0.05, 0.1) is 17.4 Å². The lowest BCUT2D eigenvalue weighted by Gasteiger charge is -2.33. The van der Waals surface area contributed by atoms with E-state index < -0.39 is 27.9 Å². The van der Waals surface area contributed by atoms with E-state index in [2.05, 4.69) is 10.6 Å². The number of esters is 1. The van der Waals surface area contributed by atoms with Gasteiger partial charge in [0.2, 0.25) is 21.8 Å². The summed E-state index contributed by atoms with van der Waals surface area (Å²) in [4.78, 5) is 35.5. The highest BCUT2D eigenvalue weighted by Gasteiger charge is 2.40. The van der Waals surface area contributed by atoms with E-state index in [0.29, 0.717) is 12.1 Å². The Balaban J connectivity index is 2.23. The Morgan fingerprint density at radius 3 is 2.54 bits per heavy atom. The summed E-state index contributed by atoms with van der Waals surface area (Å²) in [6.07, 6.45) is -0.0597. The van der Waals surface area contributed by atoms with Gasteiger partial charge >= 0.3 is 5.97 Å². The Morgan fingerprint density at radius 1 is 1.32 bits per heavy atom. The van der Waals surface area contributed by atoms with Crippen molar-refractivity contribution in [3.8, 4) is 0 Å². The summed E-state index contributed by atoms with van der Waals surface area (Å²) in [6.45, 7) is 5.12. The molecule has 2 amide bonds. The third kappa shape index (κ3) is 5.29. The standard InChI is InChI=1S/C18H25N3O6S/c1-4-12(2)27-17(23)11-16-18(24)19-9-10-21(16)28(25,26)15-7-5-14(6-8-15)20-13(3)22/h5-8,12,16H,4,9-11H2,1-3H3,(H,19,24)(H,20,22). The topological polar surface area (TPSA) is 122 Å². The van der Waals surface area contributed by atoms with Crippen LogP contribution in [-0.2, 0) is 29.1 Å². The minimum atomic E-state index is -4.02. The van der Waals surface area contributed by atoms with Gasteiger partial charge in [0.1, 0.15) is 6.04 Å². The van der Waals surface area contributed by atoms with Gasteiger partial charge in [-0.15, -0.1) is 0 Å². The molecule has 0 saturated carbocycles. The number of amides is 2. The van der Waals surface area contributed by atoms with E-state index in [-0.39, 0.29) is 36.4 Å². The van der Waals surface area contributed by atoms with Crippen molar-refractivity contribution < 1.29 is 27.5 Å². The maximum atomic E-state index is 13.0. The van der Waals surface area contributed by atoms with Gasteiger partial charge in [-0.1, -0.05) is 6.92 Å². The van der Waals surface area contributed by atoms with Crippen LogP contribution in [0, 0.1) is 0 Å². The van der Waals surface area contributed by atoms with E-state index in [1.165, 1.54) is 31.2 Å². The molecule has 0 radical (unpaired) electrons. The molecule has 2 unspecified atom stereocenters. The fourth-order valence-corrected chi connectivity index (χ4v) is 4.33. The highest BCUT2D eigenvalue weighted by molar-refractivity contribution is 7.89. The van der Waals surface area contributed by atoms with Crippen molar-refractivity contribution in [2.24, 2.45) is 0 Å². The molecule has 28 heavy (non-hydrogen) atoms. The number of ether oxygens (including phenoxy) is 1. The van der Waals surface area contributed by atoms with E-state index in [9.17, 15) is 22.8 Å². The van der Waals surface area contributed by atoms with E-state index in [1.54, 1.807) is 6.92 Å². The molecule has 2 N–H and O–H groups in total. The number of piperazine rings is 1. The van der Waals surface area contributed by atoms with E-state index in [4.69, 9.17) is 4.74 Å². The maximum absolute atomic E-state index is 13.0. The summed E-state index contributed by atoms with van der Waals surface area (Å²) in [5.74, 6) is -1.44. The molecule has 0 bridgehead atoms. The molecule has 1 aromatic carbocycles. The molecule has 10 heteroatoms. The Morgan fingerprint density at radius 2 is 1.96 bits per heavy atom.